The minimum absolute atomic E-state index is 0.443. The molecule has 4 rings (SSSR count). The summed E-state index contributed by atoms with van der Waals surface area (Å²) >= 11 is 0. The van der Waals surface area contributed by atoms with Crippen LogP contribution in [-0.2, 0) is 6.42 Å². The number of hydrogen-bond acceptors (Lipinski definition) is 3. The average molecular weight is 250 g/mol. The summed E-state index contributed by atoms with van der Waals surface area (Å²) in [5.41, 5.74) is 5.43. The van der Waals surface area contributed by atoms with Gasteiger partial charge < -0.3 is 5.32 Å². The van der Waals surface area contributed by atoms with Crippen molar-refractivity contribution in [2.45, 2.75) is 31.3 Å². The average Bonchev–Trinajstić information content (AvgIpc) is 3.05. The van der Waals surface area contributed by atoms with E-state index in [1.165, 1.54) is 24.1 Å². The smallest absolute Gasteiger partial charge is 0.0991 e. The minimum atomic E-state index is 0.443. The van der Waals surface area contributed by atoms with Crippen molar-refractivity contribution in [2.75, 3.05) is 0 Å². The summed E-state index contributed by atoms with van der Waals surface area (Å²) in [6, 6.07) is 10.9. The quantitative estimate of drug-likeness (QED) is 0.816. The van der Waals surface area contributed by atoms with E-state index in [4.69, 9.17) is 5.26 Å². The summed E-state index contributed by atoms with van der Waals surface area (Å²) in [6.45, 7) is 0. The minimum Gasteiger partial charge on any atom is -0.307 e. The van der Waals surface area contributed by atoms with Gasteiger partial charge in [0.05, 0.1) is 17.3 Å². The molecular formula is C15H14N4. The highest BCUT2D eigenvalue weighted by molar-refractivity contribution is 5.66. The summed E-state index contributed by atoms with van der Waals surface area (Å²) in [6.07, 6.45) is 3.50. The van der Waals surface area contributed by atoms with Crippen LogP contribution in [0.4, 0.5) is 0 Å². The van der Waals surface area contributed by atoms with Crippen LogP contribution in [0.3, 0.4) is 0 Å². The third-order valence-electron chi connectivity index (χ3n) is 4.21. The molecule has 0 radical (unpaired) electrons. The fourth-order valence-corrected chi connectivity index (χ4v) is 3.29. The molecule has 4 nitrogen and oxygen atoms in total. The maximum Gasteiger partial charge on any atom is 0.0991 e. The molecule has 3 heterocycles. The van der Waals surface area contributed by atoms with E-state index in [0.717, 1.165) is 17.7 Å². The second-order valence-electron chi connectivity index (χ2n) is 5.35. The van der Waals surface area contributed by atoms with Crippen LogP contribution < -0.4 is 5.32 Å². The van der Waals surface area contributed by atoms with Gasteiger partial charge in [-0.2, -0.15) is 10.4 Å². The van der Waals surface area contributed by atoms with E-state index in [1.54, 1.807) is 0 Å². The molecule has 2 atom stereocenters. The SMILES string of the molecule is N#Cc1ccc(-c2n[nH]c3c2[C@@H]2CC[C@H](C3)N2)cc1. The van der Waals surface area contributed by atoms with Crippen molar-refractivity contribution in [3.05, 3.63) is 41.1 Å². The van der Waals surface area contributed by atoms with E-state index in [1.807, 2.05) is 24.3 Å². The standard InChI is InChI=1S/C15H14N4/c16-8-9-1-3-10(4-2-9)15-14-12-6-5-11(17-12)7-13(14)18-19-15/h1-4,11-12,17H,5-7H2,(H,18,19)/t11-,12+/m1/s1. The second-order valence-corrected chi connectivity index (χ2v) is 5.35. The Labute approximate surface area is 111 Å². The van der Waals surface area contributed by atoms with E-state index in [9.17, 15) is 0 Å². The zero-order valence-electron chi connectivity index (χ0n) is 10.5. The van der Waals surface area contributed by atoms with Gasteiger partial charge in [0.1, 0.15) is 0 Å². The molecule has 0 aliphatic carbocycles. The fourth-order valence-electron chi connectivity index (χ4n) is 3.29. The molecule has 1 aromatic carbocycles. The van der Waals surface area contributed by atoms with Gasteiger partial charge >= 0.3 is 0 Å². The van der Waals surface area contributed by atoms with Crippen LogP contribution in [0, 0.1) is 11.3 Å². The molecule has 0 spiro atoms. The van der Waals surface area contributed by atoms with Crippen molar-refractivity contribution >= 4 is 0 Å². The summed E-state index contributed by atoms with van der Waals surface area (Å²) in [7, 11) is 0. The van der Waals surface area contributed by atoms with Gasteiger partial charge in [-0.3, -0.25) is 5.10 Å². The Balaban J connectivity index is 1.80. The highest BCUT2D eigenvalue weighted by atomic mass is 15.2. The van der Waals surface area contributed by atoms with Gasteiger partial charge in [0.15, 0.2) is 0 Å². The van der Waals surface area contributed by atoms with Gasteiger partial charge in [-0.25, -0.2) is 0 Å². The van der Waals surface area contributed by atoms with Gasteiger partial charge in [0.25, 0.3) is 0 Å². The number of nitriles is 1. The Bertz CT molecular complexity index is 662. The molecule has 2 bridgehead atoms. The molecule has 0 saturated carbocycles. The fraction of sp³-hybridized carbons (Fsp3) is 0.333. The largest absolute Gasteiger partial charge is 0.307 e. The Morgan fingerprint density at radius 2 is 2.05 bits per heavy atom. The molecule has 19 heavy (non-hydrogen) atoms. The zero-order valence-corrected chi connectivity index (χ0v) is 10.5. The maximum absolute atomic E-state index is 8.85. The molecule has 1 fully saturated rings. The number of fused-ring (bicyclic) bond motifs is 4. The van der Waals surface area contributed by atoms with Gasteiger partial charge in [0, 0.05) is 35.3 Å². The van der Waals surface area contributed by atoms with E-state index in [2.05, 4.69) is 21.6 Å². The Kier molecular flexibility index (Phi) is 2.23. The number of aromatic nitrogens is 2. The van der Waals surface area contributed by atoms with Crippen LogP contribution in [0.2, 0.25) is 0 Å². The lowest BCUT2D eigenvalue weighted by Crippen LogP contribution is -2.31. The monoisotopic (exact) mass is 250 g/mol. The van der Waals surface area contributed by atoms with E-state index in [0.29, 0.717) is 17.6 Å². The lowest BCUT2D eigenvalue weighted by atomic mass is 9.96. The Morgan fingerprint density at radius 1 is 1.21 bits per heavy atom. The van der Waals surface area contributed by atoms with Crippen molar-refractivity contribution in [2.24, 2.45) is 0 Å². The van der Waals surface area contributed by atoms with Crippen LogP contribution in [0.1, 0.15) is 35.7 Å². The predicted octanol–water partition coefficient (Wildman–Crippen LogP) is 2.30. The van der Waals surface area contributed by atoms with E-state index < -0.39 is 0 Å². The van der Waals surface area contributed by atoms with Crippen molar-refractivity contribution in [1.29, 1.82) is 5.26 Å². The molecule has 0 unspecified atom stereocenters. The highest BCUT2D eigenvalue weighted by Gasteiger charge is 2.35. The third kappa shape index (κ3) is 1.59. The number of aromatic amines is 1. The van der Waals surface area contributed by atoms with Crippen molar-refractivity contribution in [3.63, 3.8) is 0 Å². The molecule has 2 aromatic rings. The molecule has 2 N–H and O–H groups in total. The molecule has 4 heteroatoms. The predicted molar refractivity (Wildman–Crippen MR) is 71.3 cm³/mol. The first kappa shape index (κ1) is 10.8. The number of benzene rings is 1. The molecule has 1 saturated heterocycles. The van der Waals surface area contributed by atoms with Crippen molar-refractivity contribution in [3.8, 4) is 17.3 Å². The van der Waals surface area contributed by atoms with Gasteiger partial charge in [0.2, 0.25) is 0 Å². The number of nitrogens with zero attached hydrogens (tertiary/aromatic N) is 2. The molecule has 94 valence electrons. The first-order chi connectivity index (χ1) is 9.35. The van der Waals surface area contributed by atoms with Crippen LogP contribution in [-0.4, -0.2) is 16.2 Å². The highest BCUT2D eigenvalue weighted by Crippen LogP contribution is 2.39. The molecule has 0 amide bonds. The molecule has 2 aliphatic heterocycles. The van der Waals surface area contributed by atoms with Crippen LogP contribution >= 0.6 is 0 Å². The maximum atomic E-state index is 8.85. The first-order valence-corrected chi connectivity index (χ1v) is 6.69. The van der Waals surface area contributed by atoms with Crippen molar-refractivity contribution < 1.29 is 0 Å². The summed E-state index contributed by atoms with van der Waals surface area (Å²) in [4.78, 5) is 0. The third-order valence-corrected chi connectivity index (χ3v) is 4.21. The van der Waals surface area contributed by atoms with Crippen LogP contribution in [0.5, 0.6) is 0 Å². The van der Waals surface area contributed by atoms with Gasteiger partial charge in [-0.15, -0.1) is 0 Å². The molecule has 1 aromatic heterocycles. The zero-order chi connectivity index (χ0) is 12.8. The van der Waals surface area contributed by atoms with Crippen LogP contribution in [0.15, 0.2) is 24.3 Å². The lowest BCUT2D eigenvalue weighted by molar-refractivity contribution is 0.511. The molecule has 2 aliphatic rings. The normalized spacial score (nSPS) is 23.9. The second kappa shape index (κ2) is 3.94. The first-order valence-electron chi connectivity index (χ1n) is 6.69. The number of H-pyrrole nitrogens is 1. The Morgan fingerprint density at radius 3 is 2.84 bits per heavy atom. The summed E-state index contributed by atoms with van der Waals surface area (Å²) in [5, 5.41) is 20.2. The van der Waals surface area contributed by atoms with Gasteiger partial charge in [-0.05, 0) is 25.0 Å². The van der Waals surface area contributed by atoms with E-state index >= 15 is 0 Å². The molecular weight excluding hydrogens is 236 g/mol. The van der Waals surface area contributed by atoms with E-state index in [-0.39, 0.29) is 0 Å². The number of nitrogens with one attached hydrogen (secondary N) is 2. The lowest BCUT2D eigenvalue weighted by Gasteiger charge is -2.21. The topological polar surface area (TPSA) is 64.5 Å². The number of hydrogen-bond donors (Lipinski definition) is 2. The van der Waals surface area contributed by atoms with Gasteiger partial charge in [-0.1, -0.05) is 12.1 Å². The summed E-state index contributed by atoms with van der Waals surface area (Å²) in [5.74, 6) is 0. The van der Waals surface area contributed by atoms with Crippen molar-refractivity contribution in [1.82, 2.24) is 15.5 Å². The Hall–Kier alpha value is -2.12. The summed E-state index contributed by atoms with van der Waals surface area (Å²) < 4.78 is 0. The van der Waals surface area contributed by atoms with Crippen LogP contribution in [0.25, 0.3) is 11.3 Å². The number of rotatable bonds is 1.